The summed E-state index contributed by atoms with van der Waals surface area (Å²) in [4.78, 5) is 32.8. The fourth-order valence-electron chi connectivity index (χ4n) is 4.16. The number of benzene rings is 2. The summed E-state index contributed by atoms with van der Waals surface area (Å²) in [6.45, 7) is 8.31. The Labute approximate surface area is 188 Å². The Kier molecular flexibility index (Phi) is 6.51. The largest absolute Gasteiger partial charge is 0.325 e. The maximum Gasteiger partial charge on any atom is 0.257 e. The van der Waals surface area contributed by atoms with Gasteiger partial charge in [-0.2, -0.15) is 0 Å². The molecule has 166 valence electrons. The van der Waals surface area contributed by atoms with Gasteiger partial charge in [0.05, 0.1) is 5.69 Å². The summed E-state index contributed by atoms with van der Waals surface area (Å²) in [5.74, 6) is 0.780. The Balaban J connectivity index is 1.45. The molecule has 1 amide bonds. The van der Waals surface area contributed by atoms with Crippen molar-refractivity contribution in [3.05, 3.63) is 93.2 Å². The van der Waals surface area contributed by atoms with Crippen molar-refractivity contribution < 1.29 is 4.79 Å². The van der Waals surface area contributed by atoms with E-state index in [1.54, 1.807) is 6.92 Å². The molecular formula is C26H30N4O2. The summed E-state index contributed by atoms with van der Waals surface area (Å²) < 4.78 is 1.49. The molecule has 2 aromatic carbocycles. The molecule has 0 aliphatic carbocycles. The second kappa shape index (κ2) is 9.49. The number of nitrogens with one attached hydrogen (secondary N) is 1. The molecule has 0 bridgehead atoms. The molecule has 0 atom stereocenters. The molecule has 6 nitrogen and oxygen atoms in total. The van der Waals surface area contributed by atoms with Crippen LogP contribution in [0.1, 0.15) is 48.0 Å². The molecule has 4 rings (SSSR count). The van der Waals surface area contributed by atoms with Crippen LogP contribution < -0.4 is 10.9 Å². The third-order valence-electron chi connectivity index (χ3n) is 6.00. The van der Waals surface area contributed by atoms with Crippen LogP contribution in [0, 0.1) is 6.92 Å². The normalized spacial score (nSPS) is 13.8. The monoisotopic (exact) mass is 430 g/mol. The molecule has 0 unspecified atom stereocenters. The number of carbonyl (C=O) groups excluding carboxylic acids is 1. The van der Waals surface area contributed by atoms with Crippen molar-refractivity contribution in [2.75, 3.05) is 11.9 Å². The minimum Gasteiger partial charge on any atom is -0.325 e. The van der Waals surface area contributed by atoms with E-state index < -0.39 is 0 Å². The summed E-state index contributed by atoms with van der Waals surface area (Å²) in [6.07, 6.45) is 0.645. The van der Waals surface area contributed by atoms with Gasteiger partial charge >= 0.3 is 0 Å². The average Bonchev–Trinajstić information content (AvgIpc) is 2.77. The van der Waals surface area contributed by atoms with E-state index in [-0.39, 0.29) is 18.0 Å². The Morgan fingerprint density at radius 2 is 1.81 bits per heavy atom. The summed E-state index contributed by atoms with van der Waals surface area (Å²) in [6, 6.07) is 18.1. The Hall–Kier alpha value is -3.25. The molecule has 0 fully saturated rings. The first kappa shape index (κ1) is 22.0. The van der Waals surface area contributed by atoms with Crippen LogP contribution in [0.5, 0.6) is 0 Å². The lowest BCUT2D eigenvalue weighted by Gasteiger charge is -2.28. The predicted molar refractivity (Wildman–Crippen MR) is 127 cm³/mol. The number of carbonyl (C=O) groups is 1. The lowest BCUT2D eigenvalue weighted by atomic mass is 10.0. The first-order chi connectivity index (χ1) is 15.4. The van der Waals surface area contributed by atoms with E-state index in [9.17, 15) is 9.59 Å². The van der Waals surface area contributed by atoms with Crippen LogP contribution in [-0.2, 0) is 30.8 Å². The van der Waals surface area contributed by atoms with E-state index in [2.05, 4.69) is 36.2 Å². The van der Waals surface area contributed by atoms with Gasteiger partial charge in [0.2, 0.25) is 5.91 Å². The maximum atomic E-state index is 13.1. The van der Waals surface area contributed by atoms with Gasteiger partial charge in [0.1, 0.15) is 12.4 Å². The molecule has 32 heavy (non-hydrogen) atoms. The van der Waals surface area contributed by atoms with Crippen LogP contribution in [0.3, 0.4) is 0 Å². The quantitative estimate of drug-likeness (QED) is 0.645. The van der Waals surface area contributed by atoms with E-state index in [1.165, 1.54) is 15.7 Å². The van der Waals surface area contributed by atoms with Crippen LogP contribution in [0.25, 0.3) is 0 Å². The van der Waals surface area contributed by atoms with Crippen molar-refractivity contribution in [2.24, 2.45) is 0 Å². The second-order valence-corrected chi connectivity index (χ2v) is 8.75. The molecule has 0 saturated heterocycles. The van der Waals surface area contributed by atoms with Crippen molar-refractivity contribution in [1.29, 1.82) is 0 Å². The van der Waals surface area contributed by atoms with Gasteiger partial charge in [0.25, 0.3) is 5.56 Å². The number of nitrogens with zero attached hydrogens (tertiary/aromatic N) is 3. The number of rotatable bonds is 6. The summed E-state index contributed by atoms with van der Waals surface area (Å²) in [5.41, 5.74) is 4.66. The Morgan fingerprint density at radius 1 is 1.09 bits per heavy atom. The summed E-state index contributed by atoms with van der Waals surface area (Å²) >= 11 is 0. The Morgan fingerprint density at radius 3 is 2.50 bits per heavy atom. The lowest BCUT2D eigenvalue weighted by molar-refractivity contribution is -0.116. The number of hydrogen-bond acceptors (Lipinski definition) is 4. The standard InChI is InChI=1S/C26H30N4O2/c1-18(2)21-9-11-22(12-10-21)28-25(31)17-30-19(3)27-24-16-29(14-13-23(24)26(30)32)15-20-7-5-4-6-8-20/h4-12,18H,13-17H2,1-3H3,(H,28,31). The molecular weight excluding hydrogens is 400 g/mol. The summed E-state index contributed by atoms with van der Waals surface area (Å²) in [7, 11) is 0. The van der Waals surface area contributed by atoms with Gasteiger partial charge in [0.15, 0.2) is 0 Å². The lowest BCUT2D eigenvalue weighted by Crippen LogP contribution is -2.39. The average molecular weight is 431 g/mol. The first-order valence-corrected chi connectivity index (χ1v) is 11.2. The topological polar surface area (TPSA) is 67.2 Å². The van der Waals surface area contributed by atoms with Gasteiger partial charge in [-0.25, -0.2) is 4.98 Å². The predicted octanol–water partition coefficient (Wildman–Crippen LogP) is 3.87. The Bertz CT molecular complexity index is 1150. The molecule has 1 aliphatic rings. The highest BCUT2D eigenvalue weighted by Gasteiger charge is 2.23. The van der Waals surface area contributed by atoms with E-state index in [4.69, 9.17) is 4.98 Å². The zero-order valence-corrected chi connectivity index (χ0v) is 19.0. The van der Waals surface area contributed by atoms with Gasteiger partial charge < -0.3 is 5.32 Å². The number of amides is 1. The fourth-order valence-corrected chi connectivity index (χ4v) is 4.16. The first-order valence-electron chi connectivity index (χ1n) is 11.2. The second-order valence-electron chi connectivity index (χ2n) is 8.75. The van der Waals surface area contributed by atoms with Crippen molar-refractivity contribution >= 4 is 11.6 Å². The van der Waals surface area contributed by atoms with Crippen LogP contribution in [0.15, 0.2) is 59.4 Å². The van der Waals surface area contributed by atoms with Gasteiger partial charge in [-0.05, 0) is 42.5 Å². The molecule has 3 aromatic rings. The highest BCUT2D eigenvalue weighted by molar-refractivity contribution is 5.90. The zero-order chi connectivity index (χ0) is 22.7. The van der Waals surface area contributed by atoms with Gasteiger partial charge in [-0.1, -0.05) is 56.3 Å². The molecule has 2 heterocycles. The molecule has 6 heteroatoms. The third kappa shape index (κ3) is 4.97. The van der Waals surface area contributed by atoms with Crippen molar-refractivity contribution in [1.82, 2.24) is 14.5 Å². The van der Waals surface area contributed by atoms with E-state index in [0.717, 1.165) is 30.0 Å². The zero-order valence-electron chi connectivity index (χ0n) is 19.0. The van der Waals surface area contributed by atoms with Crippen molar-refractivity contribution in [2.45, 2.75) is 52.7 Å². The minimum atomic E-state index is -0.226. The number of aromatic nitrogens is 2. The molecule has 0 saturated carbocycles. The number of fused-ring (bicyclic) bond motifs is 1. The van der Waals surface area contributed by atoms with E-state index in [0.29, 0.717) is 24.7 Å². The number of anilines is 1. The van der Waals surface area contributed by atoms with Gasteiger partial charge in [-0.3, -0.25) is 19.1 Å². The fraction of sp³-hybridized carbons (Fsp3) is 0.346. The maximum absolute atomic E-state index is 13.1. The van der Waals surface area contributed by atoms with Crippen molar-refractivity contribution in [3.63, 3.8) is 0 Å². The van der Waals surface area contributed by atoms with E-state index >= 15 is 0 Å². The van der Waals surface area contributed by atoms with Crippen LogP contribution in [0.2, 0.25) is 0 Å². The number of hydrogen-bond donors (Lipinski definition) is 1. The number of aryl methyl sites for hydroxylation is 1. The summed E-state index contributed by atoms with van der Waals surface area (Å²) in [5, 5.41) is 2.89. The molecule has 0 radical (unpaired) electrons. The van der Waals surface area contributed by atoms with E-state index in [1.807, 2.05) is 42.5 Å². The third-order valence-corrected chi connectivity index (χ3v) is 6.00. The highest BCUT2D eigenvalue weighted by Crippen LogP contribution is 2.18. The van der Waals surface area contributed by atoms with Gasteiger partial charge in [0, 0.05) is 30.9 Å². The highest BCUT2D eigenvalue weighted by atomic mass is 16.2. The van der Waals surface area contributed by atoms with Crippen LogP contribution in [0.4, 0.5) is 5.69 Å². The molecule has 1 aliphatic heterocycles. The molecule has 1 aromatic heterocycles. The molecule has 1 N–H and O–H groups in total. The SMILES string of the molecule is Cc1nc2c(c(=O)n1CC(=O)Nc1ccc(C(C)C)cc1)CCN(Cc1ccccc1)C2. The molecule has 0 spiro atoms. The van der Waals surface area contributed by atoms with Crippen LogP contribution >= 0.6 is 0 Å². The van der Waals surface area contributed by atoms with Gasteiger partial charge in [-0.15, -0.1) is 0 Å². The van der Waals surface area contributed by atoms with Crippen molar-refractivity contribution in [3.8, 4) is 0 Å². The minimum absolute atomic E-state index is 0.0371. The van der Waals surface area contributed by atoms with Crippen LogP contribution in [-0.4, -0.2) is 26.9 Å². The smallest absolute Gasteiger partial charge is 0.257 e.